The molecule has 2 aliphatic carbocycles. The fraction of sp³-hybridized carbons (Fsp3) is 0.409. The lowest BCUT2D eigenvalue weighted by Gasteiger charge is -2.72. The first-order chi connectivity index (χ1) is 12.0. The fourth-order valence-corrected chi connectivity index (χ4v) is 5.45. The lowest BCUT2D eigenvalue weighted by Crippen LogP contribution is -2.70. The fourth-order valence-electron chi connectivity index (χ4n) is 5.45. The maximum atomic E-state index is 13.3. The van der Waals surface area contributed by atoms with Crippen LogP contribution in [0, 0.1) is 10.8 Å². The Morgan fingerprint density at radius 2 is 1.62 bits per heavy atom. The molecule has 0 aliphatic heterocycles. The van der Waals surface area contributed by atoms with Crippen molar-refractivity contribution in [3.63, 3.8) is 0 Å². The maximum Gasteiger partial charge on any atom is 0.416 e. The van der Waals surface area contributed by atoms with Crippen LogP contribution in [0.25, 0.3) is 11.1 Å². The van der Waals surface area contributed by atoms with Gasteiger partial charge in [0.2, 0.25) is 0 Å². The van der Waals surface area contributed by atoms with Gasteiger partial charge in [0.15, 0.2) is 0 Å². The summed E-state index contributed by atoms with van der Waals surface area (Å²) in [6, 6.07) is 11.4. The quantitative estimate of drug-likeness (QED) is 0.574. The molecule has 0 heterocycles. The van der Waals surface area contributed by atoms with Gasteiger partial charge in [-0.25, -0.2) is 0 Å². The van der Waals surface area contributed by atoms with E-state index in [4.69, 9.17) is 0 Å². The van der Waals surface area contributed by atoms with Gasteiger partial charge in [-0.2, -0.15) is 13.2 Å². The molecule has 0 saturated heterocycles. The zero-order valence-electron chi connectivity index (χ0n) is 15.2. The van der Waals surface area contributed by atoms with Crippen LogP contribution < -0.4 is 0 Å². The molecule has 1 fully saturated rings. The van der Waals surface area contributed by atoms with E-state index in [2.05, 4.69) is 13.8 Å². The van der Waals surface area contributed by atoms with Crippen LogP contribution in [-0.4, -0.2) is 6.29 Å². The number of aldehydes is 1. The summed E-state index contributed by atoms with van der Waals surface area (Å²) in [7, 11) is 0. The molecule has 0 spiro atoms. The van der Waals surface area contributed by atoms with E-state index in [-0.39, 0.29) is 16.7 Å². The number of carbonyl (C=O) groups excluding carboxylic acids is 1. The summed E-state index contributed by atoms with van der Waals surface area (Å²) in [5.74, 6) is -0.0528. The van der Waals surface area contributed by atoms with Crippen LogP contribution in [-0.2, 0) is 16.4 Å². The minimum Gasteiger partial charge on any atom is -0.302 e. The molecule has 1 saturated carbocycles. The highest BCUT2D eigenvalue weighted by Gasteiger charge is 2.74. The van der Waals surface area contributed by atoms with Crippen LogP contribution >= 0.6 is 0 Å². The minimum atomic E-state index is -4.41. The predicted octanol–water partition coefficient (Wildman–Crippen LogP) is 5.97. The van der Waals surface area contributed by atoms with Crippen molar-refractivity contribution < 1.29 is 18.0 Å². The predicted molar refractivity (Wildman–Crippen MR) is 94.9 cm³/mol. The van der Waals surface area contributed by atoms with Gasteiger partial charge >= 0.3 is 6.18 Å². The number of hydrogen-bond donors (Lipinski definition) is 0. The van der Waals surface area contributed by atoms with Gasteiger partial charge in [-0.3, -0.25) is 0 Å². The Labute approximate surface area is 151 Å². The van der Waals surface area contributed by atoms with Gasteiger partial charge in [-0.1, -0.05) is 58.0 Å². The van der Waals surface area contributed by atoms with Crippen molar-refractivity contribution in [3.8, 4) is 11.1 Å². The second-order valence-electron chi connectivity index (χ2n) is 8.61. The molecule has 0 N–H and O–H groups in total. The zero-order valence-corrected chi connectivity index (χ0v) is 15.2. The van der Waals surface area contributed by atoms with Gasteiger partial charge in [0.25, 0.3) is 0 Å². The number of rotatable bonds is 1. The van der Waals surface area contributed by atoms with Crippen molar-refractivity contribution in [1.82, 2.24) is 0 Å². The molecule has 26 heavy (non-hydrogen) atoms. The average Bonchev–Trinajstić information content (AvgIpc) is 2.58. The largest absolute Gasteiger partial charge is 0.416 e. The Bertz CT molecular complexity index is 923. The van der Waals surface area contributed by atoms with E-state index in [1.807, 2.05) is 38.1 Å². The van der Waals surface area contributed by atoms with Crippen LogP contribution in [0.5, 0.6) is 0 Å². The summed E-state index contributed by atoms with van der Waals surface area (Å²) >= 11 is 0. The van der Waals surface area contributed by atoms with Crippen molar-refractivity contribution in [2.45, 2.75) is 45.2 Å². The third kappa shape index (κ3) is 1.71. The number of carbonyl (C=O) groups is 1. The summed E-state index contributed by atoms with van der Waals surface area (Å²) in [6.07, 6.45) is -3.44. The van der Waals surface area contributed by atoms with Crippen molar-refractivity contribution in [1.29, 1.82) is 0 Å². The van der Waals surface area contributed by atoms with Crippen LogP contribution in [0.2, 0.25) is 0 Å². The van der Waals surface area contributed by atoms with Gasteiger partial charge in [0.05, 0.1) is 11.0 Å². The van der Waals surface area contributed by atoms with E-state index < -0.39 is 17.2 Å². The second kappa shape index (κ2) is 4.79. The molecule has 0 aromatic heterocycles. The third-order valence-corrected chi connectivity index (χ3v) is 7.36. The van der Waals surface area contributed by atoms with Crippen molar-refractivity contribution >= 4 is 6.29 Å². The molecule has 4 heteroatoms. The monoisotopic (exact) mass is 358 g/mol. The SMILES string of the molecule is CC1(C)[C@H]2c3ccccc3-c3cc(C(F)(F)F)ccc3[C@@]2(C=O)C1(C)C. The summed E-state index contributed by atoms with van der Waals surface area (Å²) in [4.78, 5) is 12.5. The van der Waals surface area contributed by atoms with Crippen LogP contribution in [0.1, 0.15) is 50.3 Å². The molecule has 4 rings (SSSR count). The first-order valence-electron chi connectivity index (χ1n) is 8.77. The number of halogens is 3. The molecule has 2 aliphatic rings. The summed E-state index contributed by atoms with van der Waals surface area (Å²) in [6.45, 7) is 8.39. The summed E-state index contributed by atoms with van der Waals surface area (Å²) in [5.41, 5.74) is 0.983. The average molecular weight is 358 g/mol. The van der Waals surface area contributed by atoms with E-state index in [1.165, 1.54) is 12.1 Å². The maximum absolute atomic E-state index is 13.3. The number of alkyl halides is 3. The third-order valence-electron chi connectivity index (χ3n) is 7.36. The molecule has 2 atom stereocenters. The first kappa shape index (κ1) is 17.3. The Kier molecular flexibility index (Phi) is 3.19. The highest BCUT2D eigenvalue weighted by atomic mass is 19.4. The van der Waals surface area contributed by atoms with Crippen LogP contribution in [0.3, 0.4) is 0 Å². The minimum absolute atomic E-state index is 0.0528. The second-order valence-corrected chi connectivity index (χ2v) is 8.61. The Hall–Kier alpha value is -2.10. The van der Waals surface area contributed by atoms with E-state index in [9.17, 15) is 18.0 Å². The molecule has 0 unspecified atom stereocenters. The Morgan fingerprint density at radius 3 is 2.23 bits per heavy atom. The summed E-state index contributed by atoms with van der Waals surface area (Å²) in [5, 5.41) is 0. The Morgan fingerprint density at radius 1 is 0.962 bits per heavy atom. The van der Waals surface area contributed by atoms with Crippen molar-refractivity contribution in [2.24, 2.45) is 10.8 Å². The molecule has 0 amide bonds. The van der Waals surface area contributed by atoms with E-state index >= 15 is 0 Å². The number of benzene rings is 2. The normalized spacial score (nSPS) is 27.6. The van der Waals surface area contributed by atoms with Crippen molar-refractivity contribution in [2.75, 3.05) is 0 Å². The van der Waals surface area contributed by atoms with Crippen LogP contribution in [0.15, 0.2) is 42.5 Å². The standard InChI is InChI=1S/C22H21F3O/c1-19(2)18-15-8-6-5-7-14(15)16-11-13(22(23,24)25)9-10-17(16)21(18,12-26)20(19,3)4/h5-12,18H,1-4H3/t18-,21-/m1/s1. The molecule has 136 valence electrons. The Balaban J connectivity index is 2.10. The number of fused-ring (bicyclic) bond motifs is 6. The molecule has 0 bridgehead atoms. The highest BCUT2D eigenvalue weighted by Crippen LogP contribution is 2.77. The molecule has 0 radical (unpaired) electrons. The molecular weight excluding hydrogens is 337 g/mol. The lowest BCUT2D eigenvalue weighted by atomic mass is 9.29. The topological polar surface area (TPSA) is 17.1 Å². The summed E-state index contributed by atoms with van der Waals surface area (Å²) < 4.78 is 39.9. The highest BCUT2D eigenvalue weighted by molar-refractivity contribution is 5.89. The first-order valence-corrected chi connectivity index (χ1v) is 8.77. The van der Waals surface area contributed by atoms with E-state index in [0.717, 1.165) is 23.5 Å². The molecule has 2 aromatic carbocycles. The van der Waals surface area contributed by atoms with Gasteiger partial charge in [-0.05, 0) is 45.2 Å². The molecule has 1 nitrogen and oxygen atoms in total. The van der Waals surface area contributed by atoms with Gasteiger partial charge in [-0.15, -0.1) is 0 Å². The van der Waals surface area contributed by atoms with Crippen molar-refractivity contribution in [3.05, 3.63) is 59.2 Å². The van der Waals surface area contributed by atoms with Gasteiger partial charge in [0, 0.05) is 5.92 Å². The van der Waals surface area contributed by atoms with Gasteiger partial charge < -0.3 is 4.79 Å². The van der Waals surface area contributed by atoms with E-state index in [0.29, 0.717) is 11.1 Å². The zero-order chi connectivity index (χ0) is 19.1. The van der Waals surface area contributed by atoms with E-state index in [1.54, 1.807) is 0 Å². The van der Waals surface area contributed by atoms with Gasteiger partial charge in [0.1, 0.15) is 6.29 Å². The van der Waals surface area contributed by atoms with Crippen LogP contribution in [0.4, 0.5) is 13.2 Å². The lowest BCUT2D eigenvalue weighted by molar-refractivity contribution is -0.163. The molecular formula is C22H21F3O. The molecule has 2 aromatic rings. The smallest absolute Gasteiger partial charge is 0.302 e. The number of hydrogen-bond acceptors (Lipinski definition) is 1.